The molecular weight excluding hydrogens is 348 g/mol. The first kappa shape index (κ1) is 17.4. The smallest absolute Gasteiger partial charge is 0.270 e. The van der Waals surface area contributed by atoms with E-state index in [1.807, 2.05) is 0 Å². The monoisotopic (exact) mass is 366 g/mol. The van der Waals surface area contributed by atoms with Crippen LogP contribution in [0.4, 0.5) is 5.69 Å². The van der Waals surface area contributed by atoms with E-state index in [9.17, 15) is 9.59 Å². The molecule has 25 heavy (non-hydrogen) atoms. The third-order valence-corrected chi connectivity index (χ3v) is 4.32. The molecule has 9 nitrogen and oxygen atoms in total. The number of carbonyl (C=O) groups is 1. The molecule has 1 saturated heterocycles. The Bertz CT molecular complexity index is 805. The van der Waals surface area contributed by atoms with Crippen molar-refractivity contribution in [3.05, 3.63) is 39.5 Å². The van der Waals surface area contributed by atoms with Crippen molar-refractivity contribution in [2.45, 2.75) is 12.5 Å². The van der Waals surface area contributed by atoms with Gasteiger partial charge in [-0.25, -0.2) is 4.68 Å². The van der Waals surface area contributed by atoms with E-state index >= 15 is 0 Å². The maximum atomic E-state index is 12.0. The van der Waals surface area contributed by atoms with Gasteiger partial charge in [0.05, 0.1) is 35.8 Å². The standard InChI is InChI=1S/C15H19ClN6O3/c1-21-13(23)6-10(7-19-21)22-4-5-25-11(9-22)2-3-17-15(24)14-12(16)8-18-20-14/h6-8,11H,2-5,9H2,1H3,(H,17,24)(H,18,20)/t11-/m0/s1. The number of aromatic amines is 1. The molecule has 2 aromatic rings. The van der Waals surface area contributed by atoms with Crippen LogP contribution in [0.25, 0.3) is 0 Å². The highest BCUT2D eigenvalue weighted by atomic mass is 35.5. The van der Waals surface area contributed by atoms with E-state index in [0.29, 0.717) is 32.7 Å². The summed E-state index contributed by atoms with van der Waals surface area (Å²) in [6.07, 6.45) is 3.66. The second-order valence-corrected chi connectivity index (χ2v) is 6.16. The first-order valence-corrected chi connectivity index (χ1v) is 8.29. The predicted octanol–water partition coefficient (Wildman–Crippen LogP) is 0.182. The number of carbonyl (C=O) groups excluding carboxylic acids is 1. The minimum Gasteiger partial charge on any atom is -0.374 e. The van der Waals surface area contributed by atoms with Crippen LogP contribution in [-0.4, -0.2) is 58.2 Å². The van der Waals surface area contributed by atoms with Crippen LogP contribution in [0.3, 0.4) is 0 Å². The Hall–Kier alpha value is -2.39. The predicted molar refractivity (Wildman–Crippen MR) is 92.0 cm³/mol. The van der Waals surface area contributed by atoms with Gasteiger partial charge < -0.3 is 15.0 Å². The Balaban J connectivity index is 1.52. The zero-order chi connectivity index (χ0) is 17.8. The molecule has 1 atom stereocenters. The first-order valence-electron chi connectivity index (χ1n) is 7.91. The molecule has 1 aliphatic heterocycles. The van der Waals surface area contributed by atoms with Gasteiger partial charge in [-0.2, -0.15) is 10.2 Å². The molecular formula is C15H19ClN6O3. The number of anilines is 1. The number of rotatable bonds is 5. The van der Waals surface area contributed by atoms with Crippen LogP contribution in [0.15, 0.2) is 23.3 Å². The number of nitrogens with zero attached hydrogens (tertiary/aromatic N) is 4. The van der Waals surface area contributed by atoms with Gasteiger partial charge >= 0.3 is 0 Å². The van der Waals surface area contributed by atoms with Gasteiger partial charge in [-0.05, 0) is 6.42 Å². The van der Waals surface area contributed by atoms with Crippen molar-refractivity contribution in [2.24, 2.45) is 7.05 Å². The van der Waals surface area contributed by atoms with Gasteiger partial charge in [0.2, 0.25) is 0 Å². The lowest BCUT2D eigenvalue weighted by molar-refractivity contribution is 0.0353. The fraction of sp³-hybridized carbons (Fsp3) is 0.467. The summed E-state index contributed by atoms with van der Waals surface area (Å²) in [5.41, 5.74) is 0.882. The molecule has 0 unspecified atom stereocenters. The normalized spacial score (nSPS) is 17.5. The summed E-state index contributed by atoms with van der Waals surface area (Å²) in [6, 6.07) is 1.57. The van der Waals surface area contributed by atoms with Crippen LogP contribution in [0.1, 0.15) is 16.9 Å². The number of nitrogens with one attached hydrogen (secondary N) is 2. The molecule has 2 N–H and O–H groups in total. The van der Waals surface area contributed by atoms with Gasteiger partial charge in [-0.15, -0.1) is 0 Å². The van der Waals surface area contributed by atoms with Crippen LogP contribution in [0.2, 0.25) is 5.02 Å². The summed E-state index contributed by atoms with van der Waals surface area (Å²) in [5, 5.41) is 13.4. The van der Waals surface area contributed by atoms with Crippen LogP contribution < -0.4 is 15.8 Å². The number of aromatic nitrogens is 4. The topological polar surface area (TPSA) is 105 Å². The molecule has 1 fully saturated rings. The first-order chi connectivity index (χ1) is 12.0. The Morgan fingerprint density at radius 3 is 3.08 bits per heavy atom. The van der Waals surface area contributed by atoms with Crippen molar-refractivity contribution in [3.63, 3.8) is 0 Å². The van der Waals surface area contributed by atoms with E-state index in [-0.39, 0.29) is 28.3 Å². The van der Waals surface area contributed by atoms with Crippen molar-refractivity contribution in [1.82, 2.24) is 25.3 Å². The minimum absolute atomic E-state index is 0.0460. The number of aryl methyl sites for hydroxylation is 1. The maximum Gasteiger partial charge on any atom is 0.270 e. The molecule has 3 rings (SSSR count). The van der Waals surface area contributed by atoms with Crippen molar-refractivity contribution in [1.29, 1.82) is 0 Å². The molecule has 0 aromatic carbocycles. The third kappa shape index (κ3) is 4.18. The van der Waals surface area contributed by atoms with Gasteiger partial charge in [-0.1, -0.05) is 11.6 Å². The van der Waals surface area contributed by atoms with Crippen LogP contribution >= 0.6 is 11.6 Å². The van der Waals surface area contributed by atoms with Gasteiger partial charge in [0.1, 0.15) is 5.69 Å². The summed E-state index contributed by atoms with van der Waals surface area (Å²) in [6.45, 7) is 2.33. The third-order valence-electron chi connectivity index (χ3n) is 4.03. The molecule has 0 radical (unpaired) electrons. The lowest BCUT2D eigenvalue weighted by Gasteiger charge is -2.34. The Morgan fingerprint density at radius 1 is 1.52 bits per heavy atom. The number of morpholine rings is 1. The van der Waals surface area contributed by atoms with Crippen LogP contribution in [-0.2, 0) is 11.8 Å². The van der Waals surface area contributed by atoms with Crippen LogP contribution in [0.5, 0.6) is 0 Å². The minimum atomic E-state index is -0.300. The molecule has 0 aliphatic carbocycles. The fourth-order valence-electron chi connectivity index (χ4n) is 2.63. The van der Waals surface area contributed by atoms with E-state index in [1.54, 1.807) is 19.3 Å². The maximum absolute atomic E-state index is 12.0. The van der Waals surface area contributed by atoms with Crippen LogP contribution in [0, 0.1) is 0 Å². The Labute approximate surface area is 148 Å². The summed E-state index contributed by atoms with van der Waals surface area (Å²) >= 11 is 5.85. The van der Waals surface area contributed by atoms with E-state index < -0.39 is 0 Å². The summed E-state index contributed by atoms with van der Waals surface area (Å²) in [5.74, 6) is -0.300. The quantitative estimate of drug-likeness (QED) is 0.782. The van der Waals surface area contributed by atoms with Crippen molar-refractivity contribution < 1.29 is 9.53 Å². The average Bonchev–Trinajstić information content (AvgIpc) is 3.04. The van der Waals surface area contributed by atoms with Crippen molar-refractivity contribution >= 4 is 23.2 Å². The Kier molecular flexibility index (Phi) is 5.34. The zero-order valence-electron chi connectivity index (χ0n) is 13.7. The van der Waals surface area contributed by atoms with Gasteiger partial charge in [0, 0.05) is 32.7 Å². The fourth-order valence-corrected chi connectivity index (χ4v) is 2.80. The largest absolute Gasteiger partial charge is 0.374 e. The number of amides is 1. The number of ether oxygens (including phenoxy) is 1. The van der Waals surface area contributed by atoms with Gasteiger partial charge in [0.25, 0.3) is 11.5 Å². The number of halogens is 1. The highest BCUT2D eigenvalue weighted by Crippen LogP contribution is 2.16. The van der Waals surface area contributed by atoms with E-state index in [4.69, 9.17) is 16.3 Å². The molecule has 2 aromatic heterocycles. The SMILES string of the molecule is Cn1ncc(N2CCO[C@@H](CCNC(=O)c3[nH]ncc3Cl)C2)cc1=O. The number of hydrogen-bond acceptors (Lipinski definition) is 6. The molecule has 10 heteroatoms. The lowest BCUT2D eigenvalue weighted by atomic mass is 10.2. The van der Waals surface area contributed by atoms with Crippen molar-refractivity contribution in [2.75, 3.05) is 31.1 Å². The van der Waals surface area contributed by atoms with Gasteiger partial charge in [0.15, 0.2) is 0 Å². The zero-order valence-corrected chi connectivity index (χ0v) is 14.5. The average molecular weight is 367 g/mol. The second kappa shape index (κ2) is 7.66. The van der Waals surface area contributed by atoms with Gasteiger partial charge in [-0.3, -0.25) is 14.7 Å². The second-order valence-electron chi connectivity index (χ2n) is 5.75. The summed E-state index contributed by atoms with van der Waals surface area (Å²) in [4.78, 5) is 25.8. The molecule has 1 aliphatic rings. The molecule has 0 bridgehead atoms. The highest BCUT2D eigenvalue weighted by molar-refractivity contribution is 6.33. The molecule has 134 valence electrons. The van der Waals surface area contributed by atoms with Crippen molar-refractivity contribution in [3.8, 4) is 0 Å². The number of H-pyrrole nitrogens is 1. The Morgan fingerprint density at radius 2 is 2.36 bits per heavy atom. The van der Waals surface area contributed by atoms with E-state index in [0.717, 1.165) is 5.69 Å². The molecule has 0 saturated carbocycles. The molecule has 1 amide bonds. The molecule has 0 spiro atoms. The number of hydrogen-bond donors (Lipinski definition) is 2. The highest BCUT2D eigenvalue weighted by Gasteiger charge is 2.22. The van der Waals surface area contributed by atoms with E-state index in [2.05, 4.69) is 25.5 Å². The summed E-state index contributed by atoms with van der Waals surface area (Å²) in [7, 11) is 1.61. The van der Waals surface area contributed by atoms with E-state index in [1.165, 1.54) is 10.9 Å². The molecule has 3 heterocycles. The lowest BCUT2D eigenvalue weighted by Crippen LogP contribution is -2.44. The summed E-state index contributed by atoms with van der Waals surface area (Å²) < 4.78 is 7.03.